The van der Waals surface area contributed by atoms with Gasteiger partial charge < -0.3 is 16.0 Å². The van der Waals surface area contributed by atoms with Crippen LogP contribution in [-0.4, -0.2) is 42.3 Å². The van der Waals surface area contributed by atoms with E-state index in [1.807, 2.05) is 0 Å². The molecule has 6 nitrogen and oxygen atoms in total. The number of nitrogens with one attached hydrogen (secondary N) is 1. The Morgan fingerprint density at radius 1 is 1.41 bits per heavy atom. The minimum absolute atomic E-state index is 0.0961. The highest BCUT2D eigenvalue weighted by Crippen LogP contribution is 2.06. The molecule has 0 aliphatic rings. The van der Waals surface area contributed by atoms with Crippen molar-refractivity contribution >= 4 is 17.6 Å². The van der Waals surface area contributed by atoms with Gasteiger partial charge in [0.15, 0.2) is 0 Å². The van der Waals surface area contributed by atoms with E-state index in [-0.39, 0.29) is 18.2 Å². The number of aromatic nitrogens is 1. The summed E-state index contributed by atoms with van der Waals surface area (Å²) in [7, 11) is 3.36. The van der Waals surface area contributed by atoms with Crippen LogP contribution in [0.3, 0.4) is 0 Å². The maximum Gasteiger partial charge on any atom is 0.254 e. The highest BCUT2D eigenvalue weighted by atomic mass is 16.2. The first kappa shape index (κ1) is 13.0. The van der Waals surface area contributed by atoms with Gasteiger partial charge in [-0.1, -0.05) is 0 Å². The predicted molar refractivity (Wildman–Crippen MR) is 64.6 cm³/mol. The van der Waals surface area contributed by atoms with Gasteiger partial charge in [0.05, 0.1) is 5.56 Å². The normalized spacial score (nSPS) is 9.76. The Hall–Kier alpha value is -2.11. The number of amides is 2. The fraction of sp³-hybridized carbons (Fsp3) is 0.364. The van der Waals surface area contributed by atoms with Crippen molar-refractivity contribution < 1.29 is 9.59 Å². The second-order valence-electron chi connectivity index (χ2n) is 3.77. The van der Waals surface area contributed by atoms with Crippen LogP contribution >= 0.6 is 0 Å². The number of carbonyl (C=O) groups excluding carboxylic acids is 2. The SMILES string of the molecule is CN(C)C(=O)c1ccc(NCCC(N)=O)nc1. The van der Waals surface area contributed by atoms with E-state index in [0.717, 1.165) is 0 Å². The molecule has 0 aliphatic heterocycles. The fourth-order valence-corrected chi connectivity index (χ4v) is 1.20. The van der Waals surface area contributed by atoms with Crippen LogP contribution in [0.25, 0.3) is 0 Å². The van der Waals surface area contributed by atoms with Crippen LogP contribution in [0, 0.1) is 0 Å². The summed E-state index contributed by atoms with van der Waals surface area (Å²) < 4.78 is 0. The summed E-state index contributed by atoms with van der Waals surface area (Å²) in [4.78, 5) is 27.6. The third-order valence-corrected chi connectivity index (χ3v) is 2.09. The number of pyridine rings is 1. The minimum Gasteiger partial charge on any atom is -0.370 e. The maximum atomic E-state index is 11.6. The third-order valence-electron chi connectivity index (χ3n) is 2.09. The molecular weight excluding hydrogens is 220 g/mol. The van der Waals surface area contributed by atoms with E-state index in [1.54, 1.807) is 26.2 Å². The van der Waals surface area contributed by atoms with Crippen molar-refractivity contribution in [1.29, 1.82) is 0 Å². The highest BCUT2D eigenvalue weighted by molar-refractivity contribution is 5.93. The molecule has 0 atom stereocenters. The Balaban J connectivity index is 2.56. The largest absolute Gasteiger partial charge is 0.370 e. The fourth-order valence-electron chi connectivity index (χ4n) is 1.20. The molecule has 3 N–H and O–H groups in total. The van der Waals surface area contributed by atoms with Gasteiger partial charge in [-0.05, 0) is 12.1 Å². The molecule has 1 heterocycles. The van der Waals surface area contributed by atoms with Gasteiger partial charge >= 0.3 is 0 Å². The van der Waals surface area contributed by atoms with E-state index in [2.05, 4.69) is 10.3 Å². The molecule has 1 aromatic heterocycles. The monoisotopic (exact) mass is 236 g/mol. The number of primary amides is 1. The molecule has 1 aromatic rings. The van der Waals surface area contributed by atoms with E-state index in [9.17, 15) is 9.59 Å². The minimum atomic E-state index is -0.364. The summed E-state index contributed by atoms with van der Waals surface area (Å²) in [6.07, 6.45) is 1.75. The van der Waals surface area contributed by atoms with Crippen LogP contribution < -0.4 is 11.1 Å². The molecule has 2 amide bonds. The molecule has 92 valence electrons. The van der Waals surface area contributed by atoms with Gasteiger partial charge in [-0.2, -0.15) is 0 Å². The molecule has 17 heavy (non-hydrogen) atoms. The molecule has 1 rings (SSSR count). The van der Waals surface area contributed by atoms with Crippen molar-refractivity contribution in [1.82, 2.24) is 9.88 Å². The first-order chi connectivity index (χ1) is 8.00. The van der Waals surface area contributed by atoms with Gasteiger partial charge in [-0.25, -0.2) is 4.98 Å². The standard InChI is InChI=1S/C11H16N4O2/c1-15(2)11(17)8-3-4-10(14-7-8)13-6-5-9(12)16/h3-4,7H,5-6H2,1-2H3,(H2,12,16)(H,13,14). The molecule has 0 unspecified atom stereocenters. The van der Waals surface area contributed by atoms with Crippen LogP contribution in [0.5, 0.6) is 0 Å². The van der Waals surface area contributed by atoms with Crippen molar-refractivity contribution in [2.45, 2.75) is 6.42 Å². The Morgan fingerprint density at radius 2 is 2.12 bits per heavy atom. The first-order valence-corrected chi connectivity index (χ1v) is 5.20. The van der Waals surface area contributed by atoms with Crippen molar-refractivity contribution in [2.24, 2.45) is 5.73 Å². The lowest BCUT2D eigenvalue weighted by Crippen LogP contribution is -2.22. The summed E-state index contributed by atoms with van der Waals surface area (Å²) in [6.45, 7) is 0.434. The molecule has 0 radical (unpaired) electrons. The summed E-state index contributed by atoms with van der Waals surface area (Å²) in [6, 6.07) is 3.37. The van der Waals surface area contributed by atoms with E-state index in [1.165, 1.54) is 11.1 Å². The summed E-state index contributed by atoms with van der Waals surface area (Å²) in [5.41, 5.74) is 5.53. The number of nitrogens with zero attached hydrogens (tertiary/aromatic N) is 2. The Kier molecular flexibility index (Phi) is 4.45. The lowest BCUT2D eigenvalue weighted by atomic mass is 10.2. The van der Waals surface area contributed by atoms with Gasteiger partial charge in [-0.15, -0.1) is 0 Å². The molecule has 0 fully saturated rings. The number of anilines is 1. The van der Waals surface area contributed by atoms with Crippen LogP contribution in [0.2, 0.25) is 0 Å². The summed E-state index contributed by atoms with van der Waals surface area (Å²) >= 11 is 0. The smallest absolute Gasteiger partial charge is 0.254 e. The van der Waals surface area contributed by atoms with Gasteiger partial charge in [-0.3, -0.25) is 9.59 Å². The zero-order chi connectivity index (χ0) is 12.8. The second-order valence-corrected chi connectivity index (χ2v) is 3.77. The molecule has 0 spiro atoms. The van der Waals surface area contributed by atoms with Crippen molar-refractivity contribution in [3.63, 3.8) is 0 Å². The van der Waals surface area contributed by atoms with Gasteiger partial charge in [0, 0.05) is 33.3 Å². The van der Waals surface area contributed by atoms with E-state index < -0.39 is 0 Å². The maximum absolute atomic E-state index is 11.6. The van der Waals surface area contributed by atoms with Crippen molar-refractivity contribution in [3.05, 3.63) is 23.9 Å². The Bertz CT molecular complexity index is 400. The molecule has 0 aliphatic carbocycles. The number of nitrogens with two attached hydrogens (primary N) is 1. The van der Waals surface area contributed by atoms with E-state index >= 15 is 0 Å². The van der Waals surface area contributed by atoms with Crippen LogP contribution in [0.15, 0.2) is 18.3 Å². The molecule has 0 saturated heterocycles. The zero-order valence-electron chi connectivity index (χ0n) is 9.93. The van der Waals surface area contributed by atoms with E-state index in [0.29, 0.717) is 17.9 Å². The zero-order valence-corrected chi connectivity index (χ0v) is 9.93. The molecular formula is C11H16N4O2. The van der Waals surface area contributed by atoms with Gasteiger partial charge in [0.25, 0.3) is 5.91 Å². The molecule has 0 bridgehead atoms. The first-order valence-electron chi connectivity index (χ1n) is 5.20. The van der Waals surface area contributed by atoms with Gasteiger partial charge in [0.1, 0.15) is 5.82 Å². The lowest BCUT2D eigenvalue weighted by Gasteiger charge is -2.10. The predicted octanol–water partition coefficient (Wildman–Crippen LogP) is 0.0707. The average molecular weight is 236 g/mol. The van der Waals surface area contributed by atoms with Gasteiger partial charge in [0.2, 0.25) is 5.91 Å². The quantitative estimate of drug-likeness (QED) is 0.757. The van der Waals surface area contributed by atoms with Crippen LogP contribution in [0.4, 0.5) is 5.82 Å². The summed E-state index contributed by atoms with van der Waals surface area (Å²) in [5.74, 6) is 0.152. The topological polar surface area (TPSA) is 88.3 Å². The molecule has 0 aromatic carbocycles. The second kappa shape index (κ2) is 5.83. The van der Waals surface area contributed by atoms with Crippen LogP contribution in [-0.2, 0) is 4.79 Å². The highest BCUT2D eigenvalue weighted by Gasteiger charge is 2.07. The Labute approximate surface area is 99.8 Å². The number of rotatable bonds is 5. The molecule has 6 heteroatoms. The van der Waals surface area contributed by atoms with Crippen molar-refractivity contribution in [2.75, 3.05) is 26.0 Å². The third kappa shape index (κ3) is 4.10. The van der Waals surface area contributed by atoms with Crippen LogP contribution in [0.1, 0.15) is 16.8 Å². The lowest BCUT2D eigenvalue weighted by molar-refractivity contribution is -0.117. The van der Waals surface area contributed by atoms with E-state index in [4.69, 9.17) is 5.73 Å². The number of carbonyl (C=O) groups is 2. The Morgan fingerprint density at radius 3 is 2.59 bits per heavy atom. The average Bonchev–Trinajstić information content (AvgIpc) is 2.28. The number of hydrogen-bond acceptors (Lipinski definition) is 4. The number of hydrogen-bond donors (Lipinski definition) is 2. The summed E-state index contributed by atoms with van der Waals surface area (Å²) in [5, 5.41) is 2.93. The van der Waals surface area contributed by atoms with Crippen molar-refractivity contribution in [3.8, 4) is 0 Å². The molecule has 0 saturated carbocycles.